The van der Waals surface area contributed by atoms with Crippen molar-refractivity contribution in [3.63, 3.8) is 0 Å². The number of aromatic nitrogens is 3. The second-order valence-electron chi connectivity index (χ2n) is 16.7. The molecule has 0 aliphatic rings. The fourth-order valence-corrected chi connectivity index (χ4v) is 7.97. The maximum Gasteiger partial charge on any atom is 0.248 e. The third kappa shape index (κ3) is 11.8. The smallest absolute Gasteiger partial charge is 0.248 e. The van der Waals surface area contributed by atoms with Gasteiger partial charge < -0.3 is 14.5 Å². The van der Waals surface area contributed by atoms with Crippen LogP contribution in [-0.4, -0.2) is 28.7 Å². The van der Waals surface area contributed by atoms with E-state index in [0.29, 0.717) is 35.4 Å². The minimum absolute atomic E-state index is 0.0506. The number of pyridine rings is 3. The zero-order valence-electron chi connectivity index (χ0n) is 38.0. The van der Waals surface area contributed by atoms with Crippen LogP contribution in [0.15, 0.2) is 120 Å². The number of H-pyrrole nitrogens is 1. The van der Waals surface area contributed by atoms with Crippen molar-refractivity contribution in [3.05, 3.63) is 164 Å². The Morgan fingerprint density at radius 1 is 0.623 bits per heavy atom. The number of halogens is 1. The van der Waals surface area contributed by atoms with Gasteiger partial charge in [0.2, 0.25) is 5.56 Å². The van der Waals surface area contributed by atoms with E-state index in [1.165, 1.54) is 32.8 Å². The molecule has 0 saturated carbocycles. The summed E-state index contributed by atoms with van der Waals surface area (Å²) >= 11 is 6.14. The summed E-state index contributed by atoms with van der Waals surface area (Å²) in [4.78, 5) is 23.2. The quantitative estimate of drug-likeness (QED) is 0.162. The lowest BCUT2D eigenvalue weighted by molar-refractivity contribution is 0.340. The molecule has 8 aromatic rings. The number of aryl methyl sites for hydroxylation is 2. The van der Waals surface area contributed by atoms with Crippen LogP contribution >= 0.6 is 11.6 Å². The second-order valence-corrected chi connectivity index (χ2v) is 17.0. The Balaban J connectivity index is 0.000000155. The van der Waals surface area contributed by atoms with E-state index in [1.807, 2.05) is 43.5 Å². The summed E-state index contributed by atoms with van der Waals surface area (Å²) in [5.74, 6) is 3.55. The highest BCUT2D eigenvalue weighted by Crippen LogP contribution is 2.31. The van der Waals surface area contributed by atoms with Crippen molar-refractivity contribution in [1.29, 1.82) is 0 Å². The first-order chi connectivity index (χ1) is 29.1. The second kappa shape index (κ2) is 21.2. The molecular weight excluding hydrogens is 774 g/mol. The first-order valence-corrected chi connectivity index (χ1v) is 21.8. The lowest BCUT2D eigenvalue weighted by Crippen LogP contribution is -2.07. The highest BCUT2D eigenvalue weighted by atomic mass is 35.5. The summed E-state index contributed by atoms with van der Waals surface area (Å²) in [6.45, 7) is 24.0. The molecule has 318 valence electrons. The summed E-state index contributed by atoms with van der Waals surface area (Å²) in [5.41, 5.74) is 9.08. The SMILES string of the molecule is CC(C)c1cccc2ccccc12.CCOc1ccc2[nH]c(=O)cc(C(C)C)c2c1.COc1ccc2c(C(C)C)c(C)ncc2c1.Cc1ccc2cc(C(C)C)c(Cl)nc2c1. The topological polar surface area (TPSA) is 77.1 Å². The first-order valence-electron chi connectivity index (χ1n) is 21.4. The van der Waals surface area contributed by atoms with Crippen LogP contribution in [0, 0.1) is 13.8 Å². The zero-order chi connectivity index (χ0) is 44.4. The number of rotatable bonds is 7. The average molecular weight is 837 g/mol. The van der Waals surface area contributed by atoms with Gasteiger partial charge in [0.25, 0.3) is 0 Å². The molecule has 3 heterocycles. The number of ether oxygens (including phenoxy) is 2. The summed E-state index contributed by atoms with van der Waals surface area (Å²) in [6.07, 6.45) is 1.92. The normalized spacial score (nSPS) is 11.1. The first kappa shape index (κ1) is 46.3. The van der Waals surface area contributed by atoms with Gasteiger partial charge in [-0.2, -0.15) is 0 Å². The van der Waals surface area contributed by atoms with Crippen LogP contribution in [0.3, 0.4) is 0 Å². The van der Waals surface area contributed by atoms with Gasteiger partial charge in [-0.3, -0.25) is 9.78 Å². The molecule has 7 heteroatoms. The molecule has 0 fully saturated rings. The van der Waals surface area contributed by atoms with Gasteiger partial charge in [0.15, 0.2) is 0 Å². The van der Waals surface area contributed by atoms with Crippen molar-refractivity contribution in [1.82, 2.24) is 15.0 Å². The molecule has 0 bridgehead atoms. The molecule has 8 rings (SSSR count). The Kier molecular flexibility index (Phi) is 16.1. The molecule has 3 aromatic heterocycles. The highest BCUT2D eigenvalue weighted by molar-refractivity contribution is 6.30. The Hall–Kier alpha value is -5.72. The van der Waals surface area contributed by atoms with Gasteiger partial charge >= 0.3 is 0 Å². The van der Waals surface area contributed by atoms with Gasteiger partial charge in [0, 0.05) is 39.6 Å². The molecule has 0 atom stereocenters. The van der Waals surface area contributed by atoms with Gasteiger partial charge in [-0.05, 0) is 131 Å². The van der Waals surface area contributed by atoms with E-state index in [-0.39, 0.29) is 5.56 Å². The summed E-state index contributed by atoms with van der Waals surface area (Å²) in [7, 11) is 1.69. The zero-order valence-corrected chi connectivity index (χ0v) is 38.7. The Bertz CT molecular complexity index is 2780. The number of hydrogen-bond acceptors (Lipinski definition) is 5. The molecule has 0 aliphatic carbocycles. The van der Waals surface area contributed by atoms with E-state index < -0.39 is 0 Å². The standard InChI is InChI=1S/C14H17NO2.C14H17NO.C13H14ClN.C13H14/c1-4-17-10-5-6-13-12(7-10)11(9(2)3)8-14(16)15-13;1-9(2)14-10(3)15-8-11-7-12(16-4)5-6-13(11)14;1-8(2)11-7-10-5-4-9(3)6-12(10)15-13(11)14;1-10(2)12-9-5-7-11-6-3-4-8-13(11)12/h5-9H,4H2,1-3H3,(H,15,16);5-9H,1-4H3;4-8H,1-3H3;3-10H,1-2H3. The minimum atomic E-state index is -0.0506. The van der Waals surface area contributed by atoms with Crippen molar-refractivity contribution < 1.29 is 9.47 Å². The van der Waals surface area contributed by atoms with E-state index in [0.717, 1.165) is 55.5 Å². The Labute approximate surface area is 367 Å². The van der Waals surface area contributed by atoms with Crippen molar-refractivity contribution in [2.75, 3.05) is 13.7 Å². The van der Waals surface area contributed by atoms with Gasteiger partial charge in [-0.15, -0.1) is 0 Å². The number of fused-ring (bicyclic) bond motifs is 4. The molecule has 0 spiro atoms. The van der Waals surface area contributed by atoms with Crippen molar-refractivity contribution in [2.45, 2.75) is 99.8 Å². The van der Waals surface area contributed by atoms with Crippen LogP contribution in [0.4, 0.5) is 0 Å². The molecule has 0 unspecified atom stereocenters. The van der Waals surface area contributed by atoms with Crippen LogP contribution < -0.4 is 15.0 Å². The third-order valence-corrected chi connectivity index (χ3v) is 11.0. The van der Waals surface area contributed by atoms with Crippen LogP contribution in [-0.2, 0) is 0 Å². The van der Waals surface area contributed by atoms with Crippen molar-refractivity contribution in [3.8, 4) is 11.5 Å². The van der Waals surface area contributed by atoms with Gasteiger partial charge in [0.05, 0.1) is 19.2 Å². The lowest BCUT2D eigenvalue weighted by atomic mass is 9.95. The molecule has 5 aromatic carbocycles. The summed E-state index contributed by atoms with van der Waals surface area (Å²) < 4.78 is 10.7. The number of nitrogens with zero attached hydrogens (tertiary/aromatic N) is 2. The summed E-state index contributed by atoms with van der Waals surface area (Å²) in [5, 5.41) is 8.01. The number of nitrogens with one attached hydrogen (secondary N) is 1. The number of aromatic amines is 1. The van der Waals surface area contributed by atoms with Crippen molar-refractivity contribution in [2.24, 2.45) is 0 Å². The van der Waals surface area contributed by atoms with E-state index in [1.54, 1.807) is 13.2 Å². The number of methoxy groups -OCH3 is 1. The monoisotopic (exact) mass is 835 g/mol. The van der Waals surface area contributed by atoms with E-state index in [2.05, 4.69) is 157 Å². The van der Waals surface area contributed by atoms with Crippen LogP contribution in [0.25, 0.3) is 43.4 Å². The van der Waals surface area contributed by atoms with Gasteiger partial charge in [-0.25, -0.2) is 4.98 Å². The molecule has 0 amide bonds. The molecule has 1 N–H and O–H groups in total. The average Bonchev–Trinajstić information content (AvgIpc) is 3.23. The third-order valence-electron chi connectivity index (χ3n) is 10.7. The lowest BCUT2D eigenvalue weighted by Gasteiger charge is -2.13. The molecule has 61 heavy (non-hydrogen) atoms. The van der Waals surface area contributed by atoms with Crippen LogP contribution in [0.2, 0.25) is 5.15 Å². The number of benzene rings is 5. The molecule has 6 nitrogen and oxygen atoms in total. The van der Waals surface area contributed by atoms with E-state index in [9.17, 15) is 4.79 Å². The predicted molar refractivity (Wildman–Crippen MR) is 261 cm³/mol. The fraction of sp³-hybridized carbons (Fsp3) is 0.315. The Morgan fingerprint density at radius 3 is 1.98 bits per heavy atom. The maximum absolute atomic E-state index is 11.5. The predicted octanol–water partition coefficient (Wildman–Crippen LogP) is 15.0. The largest absolute Gasteiger partial charge is 0.497 e. The molecule has 0 saturated heterocycles. The summed E-state index contributed by atoms with van der Waals surface area (Å²) in [6, 6.07) is 37.1. The minimum Gasteiger partial charge on any atom is -0.497 e. The fourth-order valence-electron chi connectivity index (χ4n) is 7.60. The number of hydrogen-bond donors (Lipinski definition) is 1. The maximum atomic E-state index is 11.5. The molecular formula is C54H62ClN3O3. The highest BCUT2D eigenvalue weighted by Gasteiger charge is 2.12. The molecule has 0 aliphatic heterocycles. The van der Waals surface area contributed by atoms with Gasteiger partial charge in [-0.1, -0.05) is 128 Å². The van der Waals surface area contributed by atoms with Crippen molar-refractivity contribution >= 4 is 55.0 Å². The Morgan fingerprint density at radius 2 is 1.31 bits per heavy atom. The van der Waals surface area contributed by atoms with E-state index in [4.69, 9.17) is 21.1 Å². The van der Waals surface area contributed by atoms with E-state index >= 15 is 0 Å². The van der Waals surface area contributed by atoms with Crippen LogP contribution in [0.1, 0.15) is 119 Å². The molecule has 0 radical (unpaired) electrons. The van der Waals surface area contributed by atoms with Gasteiger partial charge in [0.1, 0.15) is 16.7 Å². The van der Waals surface area contributed by atoms with Crippen LogP contribution in [0.5, 0.6) is 11.5 Å².